The van der Waals surface area contributed by atoms with Crippen molar-refractivity contribution in [3.8, 4) is 0 Å². The van der Waals surface area contributed by atoms with E-state index < -0.39 is 124 Å². The number of amides is 1. The standard InChI is InChI=1S/C82H145NO18/c1-3-5-7-9-11-13-15-17-19-21-23-25-27-28-29-30-31-32-33-34-35-36-38-40-42-44-46-48-50-52-54-56-58-60-70(88)83-65(66(87)59-57-55-53-51-49-47-45-43-41-39-37-26-24-22-20-18-16-14-12-10-8-6-4-2)64-96-80-76(94)73(91)78(68(62-85)98-80)101-82-77(95)74(92)79(69(63-86)99-82)100-81-75(93)72(90)71(89)67(61-84)97-81/h5,7,11,13,17,19,23,25,28-29,49,51,57,59,65-69,71-82,84-87,89-95H,3-4,6,8-10,12,14-16,18,20-22,24,26-27,30-48,50,52-56,58,60-64H2,1-2H3,(H,83,88)/b7-5-,13-11-,19-17-,25-23-,29-28-,51-49+,59-57+. The number of unbranched alkanes of at least 4 members (excludes halogenated alkanes) is 35. The molecule has 0 radical (unpaired) electrons. The Labute approximate surface area is 610 Å². The molecular weight excluding hydrogens is 1290 g/mol. The van der Waals surface area contributed by atoms with E-state index in [1.54, 1.807) is 6.08 Å². The molecule has 101 heavy (non-hydrogen) atoms. The minimum absolute atomic E-state index is 0.234. The van der Waals surface area contributed by atoms with E-state index in [1.807, 2.05) is 6.08 Å². The summed E-state index contributed by atoms with van der Waals surface area (Å²) in [5, 5.41) is 121. The van der Waals surface area contributed by atoms with Crippen LogP contribution in [0.15, 0.2) is 85.1 Å². The van der Waals surface area contributed by atoms with Gasteiger partial charge in [-0.3, -0.25) is 4.79 Å². The maximum absolute atomic E-state index is 13.5. The van der Waals surface area contributed by atoms with Crippen LogP contribution in [0.1, 0.15) is 296 Å². The number of carbonyl (C=O) groups is 1. The van der Waals surface area contributed by atoms with E-state index in [-0.39, 0.29) is 18.9 Å². The minimum atomic E-state index is -1.98. The highest BCUT2D eigenvalue weighted by Crippen LogP contribution is 2.33. The Balaban J connectivity index is 1.37. The molecule has 19 nitrogen and oxygen atoms in total. The van der Waals surface area contributed by atoms with Crippen molar-refractivity contribution < 1.29 is 89.4 Å². The lowest BCUT2D eigenvalue weighted by molar-refractivity contribution is -0.379. The van der Waals surface area contributed by atoms with Crippen molar-refractivity contribution in [3.63, 3.8) is 0 Å². The molecule has 0 bridgehead atoms. The molecule has 17 unspecified atom stereocenters. The van der Waals surface area contributed by atoms with E-state index in [2.05, 4.69) is 92.1 Å². The first-order valence-corrected chi connectivity index (χ1v) is 40.3. The summed E-state index contributed by atoms with van der Waals surface area (Å²) < 4.78 is 34.4. The highest BCUT2D eigenvalue weighted by molar-refractivity contribution is 5.76. The Morgan fingerprint density at radius 3 is 1.11 bits per heavy atom. The lowest BCUT2D eigenvalue weighted by Gasteiger charge is -2.48. The summed E-state index contributed by atoms with van der Waals surface area (Å²) in [4.78, 5) is 13.5. The van der Waals surface area contributed by atoms with Crippen molar-refractivity contribution in [3.05, 3.63) is 85.1 Å². The van der Waals surface area contributed by atoms with Gasteiger partial charge >= 0.3 is 0 Å². The molecule has 3 saturated heterocycles. The highest BCUT2D eigenvalue weighted by Gasteiger charge is 2.54. The van der Waals surface area contributed by atoms with E-state index >= 15 is 0 Å². The predicted octanol–water partition coefficient (Wildman–Crippen LogP) is 13.4. The summed E-state index contributed by atoms with van der Waals surface area (Å²) in [6, 6.07) is -0.995. The van der Waals surface area contributed by atoms with Crippen LogP contribution < -0.4 is 5.32 Å². The van der Waals surface area contributed by atoms with E-state index in [9.17, 15) is 61.0 Å². The van der Waals surface area contributed by atoms with Gasteiger partial charge in [0.05, 0.1) is 38.6 Å². The van der Waals surface area contributed by atoms with Crippen LogP contribution in [-0.4, -0.2) is 193 Å². The van der Waals surface area contributed by atoms with Crippen molar-refractivity contribution in [1.82, 2.24) is 5.32 Å². The third-order valence-electron chi connectivity index (χ3n) is 19.7. The molecule has 0 saturated carbocycles. The molecule has 3 heterocycles. The average molecular weight is 1430 g/mol. The lowest BCUT2D eigenvalue weighted by Crippen LogP contribution is -2.66. The fourth-order valence-electron chi connectivity index (χ4n) is 13.2. The SMILES string of the molecule is CC/C=C\C/C=C\C/C=C\C/C=C\C/C=C\CCCCCCCCCCCCCCCCCCCC(=O)NC(COC1OC(CO)C(OC2OC(CO)C(OC3OC(CO)C(O)C(O)C3O)C(O)C2O)C(O)C1O)C(O)/C=C/CC/C=C/CCCCCCCCCCCCCCCCCCC. The normalized spacial score (nSPS) is 26.8. The molecule has 0 spiro atoms. The number of allylic oxidation sites excluding steroid dienone is 13. The molecule has 0 aromatic carbocycles. The van der Waals surface area contributed by atoms with Gasteiger partial charge in [0.25, 0.3) is 0 Å². The highest BCUT2D eigenvalue weighted by atomic mass is 16.8. The molecule has 0 aromatic rings. The van der Waals surface area contributed by atoms with E-state index in [0.717, 1.165) is 70.6 Å². The largest absolute Gasteiger partial charge is 0.394 e. The number of carbonyl (C=O) groups excluding carboxylic acids is 1. The van der Waals surface area contributed by atoms with Crippen molar-refractivity contribution in [2.24, 2.45) is 0 Å². The first-order chi connectivity index (χ1) is 49.3. The van der Waals surface area contributed by atoms with Crippen molar-refractivity contribution in [2.75, 3.05) is 26.4 Å². The molecule has 3 aliphatic rings. The molecule has 12 N–H and O–H groups in total. The van der Waals surface area contributed by atoms with Gasteiger partial charge in [0.15, 0.2) is 18.9 Å². The van der Waals surface area contributed by atoms with Crippen LogP contribution in [-0.2, 0) is 33.2 Å². The Bertz CT molecular complexity index is 2150. The maximum Gasteiger partial charge on any atom is 0.220 e. The van der Waals surface area contributed by atoms with Crippen LogP contribution in [0.3, 0.4) is 0 Å². The minimum Gasteiger partial charge on any atom is -0.394 e. The molecule has 3 aliphatic heterocycles. The third kappa shape index (κ3) is 42.2. The summed E-state index contributed by atoms with van der Waals surface area (Å²) in [6.45, 7) is 1.63. The lowest BCUT2D eigenvalue weighted by atomic mass is 9.96. The van der Waals surface area contributed by atoms with Crippen molar-refractivity contribution in [2.45, 2.75) is 401 Å². The van der Waals surface area contributed by atoms with Gasteiger partial charge < -0.3 is 89.9 Å². The van der Waals surface area contributed by atoms with Gasteiger partial charge in [-0.15, -0.1) is 0 Å². The number of nitrogens with one attached hydrogen (secondary N) is 1. The van der Waals surface area contributed by atoms with Crippen molar-refractivity contribution in [1.29, 1.82) is 0 Å². The van der Waals surface area contributed by atoms with Gasteiger partial charge in [-0.1, -0.05) is 298 Å². The number of rotatable bonds is 63. The van der Waals surface area contributed by atoms with Crippen LogP contribution in [0.5, 0.6) is 0 Å². The fraction of sp³-hybridized carbons (Fsp3) is 0.817. The summed E-state index contributed by atoms with van der Waals surface area (Å²) >= 11 is 0. The van der Waals surface area contributed by atoms with E-state index in [1.165, 1.54) is 193 Å². The van der Waals surface area contributed by atoms with Gasteiger partial charge in [-0.05, 0) is 77.0 Å². The molecule has 1 amide bonds. The number of ether oxygens (including phenoxy) is 6. The topological polar surface area (TPSA) is 307 Å². The summed E-state index contributed by atoms with van der Waals surface area (Å²) in [7, 11) is 0. The second kappa shape index (κ2) is 62.1. The molecule has 0 aliphatic carbocycles. The predicted molar refractivity (Wildman–Crippen MR) is 401 cm³/mol. The van der Waals surface area contributed by atoms with Crippen LogP contribution in [0, 0.1) is 0 Å². The second-order valence-corrected chi connectivity index (χ2v) is 28.5. The zero-order valence-electron chi connectivity index (χ0n) is 62.6. The van der Waals surface area contributed by atoms with Crippen LogP contribution >= 0.6 is 0 Å². The zero-order chi connectivity index (χ0) is 73.2. The Morgan fingerprint density at radius 2 is 0.693 bits per heavy atom. The third-order valence-corrected chi connectivity index (χ3v) is 19.7. The van der Waals surface area contributed by atoms with Gasteiger partial charge in [0.2, 0.25) is 5.91 Å². The second-order valence-electron chi connectivity index (χ2n) is 28.5. The number of aliphatic hydroxyl groups excluding tert-OH is 11. The summed E-state index contributed by atoms with van der Waals surface area (Å²) in [5.41, 5.74) is 0. The van der Waals surface area contributed by atoms with E-state index in [4.69, 9.17) is 28.4 Å². The zero-order valence-corrected chi connectivity index (χ0v) is 62.6. The quantitative estimate of drug-likeness (QED) is 0.0199. The smallest absolute Gasteiger partial charge is 0.220 e. The first kappa shape index (κ1) is 92.2. The Kier molecular flexibility index (Phi) is 56.6. The number of aliphatic hydroxyl groups is 11. The van der Waals surface area contributed by atoms with E-state index in [0.29, 0.717) is 12.8 Å². The fourth-order valence-corrected chi connectivity index (χ4v) is 13.2. The number of hydrogen-bond acceptors (Lipinski definition) is 18. The molecule has 3 rings (SSSR count). The molecule has 0 aromatic heterocycles. The number of hydrogen-bond donors (Lipinski definition) is 12. The Hall–Kier alpha value is -3.03. The molecule has 3 fully saturated rings. The molecule has 17 atom stereocenters. The Morgan fingerprint density at radius 1 is 0.366 bits per heavy atom. The molecule has 19 heteroatoms. The summed E-state index contributed by atoms with van der Waals surface area (Å²) in [6.07, 6.45) is 55.7. The van der Waals surface area contributed by atoms with Crippen LogP contribution in [0.25, 0.3) is 0 Å². The first-order valence-electron chi connectivity index (χ1n) is 40.3. The van der Waals surface area contributed by atoms with Crippen LogP contribution in [0.4, 0.5) is 0 Å². The average Bonchev–Trinajstić information content (AvgIpc) is 0.783. The molecule has 586 valence electrons. The van der Waals surface area contributed by atoms with Gasteiger partial charge in [0, 0.05) is 6.42 Å². The van der Waals surface area contributed by atoms with Crippen molar-refractivity contribution >= 4 is 5.91 Å². The molecular formula is C82H145NO18. The van der Waals surface area contributed by atoms with Crippen LogP contribution in [0.2, 0.25) is 0 Å². The monoisotopic (exact) mass is 1430 g/mol. The maximum atomic E-state index is 13.5. The van der Waals surface area contributed by atoms with Gasteiger partial charge in [0.1, 0.15) is 73.2 Å². The van der Waals surface area contributed by atoms with Gasteiger partial charge in [-0.2, -0.15) is 0 Å². The summed E-state index contributed by atoms with van der Waals surface area (Å²) in [5.74, 6) is -0.284. The van der Waals surface area contributed by atoms with Gasteiger partial charge in [-0.25, -0.2) is 0 Å².